The molecule has 0 unspecified atom stereocenters. The molecule has 0 fully saturated rings. The minimum atomic E-state index is -1.66. The second-order valence-electron chi connectivity index (χ2n) is 5.64. The topological polar surface area (TPSA) is 215 Å². The van der Waals surface area contributed by atoms with Crippen LogP contribution in [-0.4, -0.2) is 54.3 Å². The van der Waals surface area contributed by atoms with E-state index in [1.165, 1.54) is 24.3 Å². The van der Waals surface area contributed by atoms with Crippen LogP contribution in [0.5, 0.6) is 0 Å². The van der Waals surface area contributed by atoms with Crippen LogP contribution in [0, 0.1) is 0 Å². The number of pyridine rings is 2. The molecule has 0 bridgehead atoms. The predicted octanol–water partition coefficient (Wildman–Crippen LogP) is 1.23. The van der Waals surface area contributed by atoms with Gasteiger partial charge in [0.2, 0.25) is 0 Å². The Kier molecular flexibility index (Phi) is 9.29. The van der Waals surface area contributed by atoms with Crippen LogP contribution in [0.4, 0.5) is 0 Å². The minimum Gasteiger partial charge on any atom is -0.478 e. The molecule has 3 rings (SSSR count). The number of hydrogen-bond acceptors (Lipinski definition) is 6. The summed E-state index contributed by atoms with van der Waals surface area (Å²) in [6, 6.07) is 6.91. The van der Waals surface area contributed by atoms with Crippen LogP contribution in [0.2, 0.25) is 0 Å². The number of carbonyl (C=O) groups is 4. The van der Waals surface area contributed by atoms with Gasteiger partial charge in [-0.05, 0) is 12.1 Å². The zero-order valence-electron chi connectivity index (χ0n) is 16.0. The van der Waals surface area contributed by atoms with E-state index in [0.717, 1.165) is 0 Å². The molecule has 166 valence electrons. The van der Waals surface area contributed by atoms with E-state index in [1.54, 1.807) is 24.8 Å². The molecule has 0 spiro atoms. The van der Waals surface area contributed by atoms with E-state index >= 15 is 0 Å². The van der Waals surface area contributed by atoms with Crippen LogP contribution in [0.1, 0.15) is 41.4 Å². The van der Waals surface area contributed by atoms with Gasteiger partial charge >= 0.3 is 23.9 Å². The summed E-state index contributed by atoms with van der Waals surface area (Å²) in [7, 11) is 0. The first-order valence-electron chi connectivity index (χ1n) is 8.42. The first-order valence-corrected chi connectivity index (χ1v) is 8.42. The van der Waals surface area contributed by atoms with Crippen molar-refractivity contribution < 1.29 is 39.6 Å². The number of H-pyrrole nitrogens is 2. The normalized spacial score (nSPS) is 9.25. The van der Waals surface area contributed by atoms with Crippen LogP contribution in [0.3, 0.4) is 0 Å². The zero-order chi connectivity index (χ0) is 24.3. The zero-order valence-corrected chi connectivity index (χ0v) is 16.0. The molecule has 12 nitrogen and oxygen atoms in total. The van der Waals surface area contributed by atoms with Gasteiger partial charge in [0, 0.05) is 49.1 Å². The molecule has 0 atom stereocenters. The van der Waals surface area contributed by atoms with Crippen LogP contribution < -0.4 is 10.9 Å². The lowest BCUT2D eigenvalue weighted by Gasteiger charge is -2.06. The largest absolute Gasteiger partial charge is 0.478 e. The van der Waals surface area contributed by atoms with Crippen molar-refractivity contribution in [2.24, 2.45) is 0 Å². The van der Waals surface area contributed by atoms with Gasteiger partial charge < -0.3 is 30.4 Å². The van der Waals surface area contributed by atoms with Gasteiger partial charge in [0.15, 0.2) is 10.9 Å². The number of aromatic nitrogens is 2. The van der Waals surface area contributed by atoms with Crippen molar-refractivity contribution in [3.8, 4) is 0 Å². The Morgan fingerprint density at radius 3 is 0.844 bits per heavy atom. The number of carboxylic acid groups (broad SMARTS) is 4. The maximum Gasteiger partial charge on any atom is 0.336 e. The number of aromatic amines is 2. The molecule has 0 saturated carbocycles. The van der Waals surface area contributed by atoms with Crippen LogP contribution >= 0.6 is 0 Å². The quantitative estimate of drug-likeness (QED) is 0.338. The summed E-state index contributed by atoms with van der Waals surface area (Å²) in [4.78, 5) is 69.1. The lowest BCUT2D eigenvalue weighted by Crippen LogP contribution is -2.15. The molecular formula is C20H16N2O10. The lowest BCUT2D eigenvalue weighted by molar-refractivity contribution is 0.0637. The molecular weight excluding hydrogens is 428 g/mol. The van der Waals surface area contributed by atoms with Gasteiger partial charge in [-0.1, -0.05) is 0 Å². The molecule has 0 aliphatic carbocycles. The molecule has 2 heterocycles. The average molecular weight is 444 g/mol. The van der Waals surface area contributed by atoms with Crippen molar-refractivity contribution in [1.29, 1.82) is 0 Å². The second kappa shape index (κ2) is 11.9. The molecule has 32 heavy (non-hydrogen) atoms. The van der Waals surface area contributed by atoms with Crippen LogP contribution in [-0.2, 0) is 0 Å². The minimum absolute atomic E-state index is 0.0405. The average Bonchev–Trinajstić information content (AvgIpc) is 2.74. The molecule has 6 N–H and O–H groups in total. The van der Waals surface area contributed by atoms with E-state index in [2.05, 4.69) is 9.97 Å². The summed E-state index contributed by atoms with van der Waals surface area (Å²) in [5.74, 6) is -6.64. The third-order valence-electron chi connectivity index (χ3n) is 3.45. The maximum atomic E-state index is 10.8. The van der Waals surface area contributed by atoms with Gasteiger partial charge in [-0.25, -0.2) is 19.2 Å². The fourth-order valence-corrected chi connectivity index (χ4v) is 2.05. The van der Waals surface area contributed by atoms with E-state index < -0.39 is 46.1 Å². The molecule has 0 aliphatic rings. The Labute approximate surface area is 178 Å². The Hall–Kier alpha value is -5.00. The van der Waals surface area contributed by atoms with Crippen molar-refractivity contribution in [2.75, 3.05) is 0 Å². The van der Waals surface area contributed by atoms with Crippen LogP contribution in [0.25, 0.3) is 0 Å². The third-order valence-corrected chi connectivity index (χ3v) is 3.45. The van der Waals surface area contributed by atoms with Crippen molar-refractivity contribution in [3.63, 3.8) is 0 Å². The van der Waals surface area contributed by atoms with Crippen LogP contribution in [0.15, 0.2) is 70.8 Å². The summed E-state index contributed by atoms with van der Waals surface area (Å²) in [5.41, 5.74) is -3.07. The van der Waals surface area contributed by atoms with Gasteiger partial charge in [-0.3, -0.25) is 9.59 Å². The number of rotatable bonds is 4. The summed E-state index contributed by atoms with van der Waals surface area (Å²) >= 11 is 0. The number of aromatic carboxylic acids is 4. The van der Waals surface area contributed by atoms with Gasteiger partial charge in [0.05, 0.1) is 22.3 Å². The Bertz CT molecular complexity index is 1060. The number of carboxylic acids is 4. The smallest absolute Gasteiger partial charge is 0.336 e. The number of benzene rings is 1. The van der Waals surface area contributed by atoms with Gasteiger partial charge in [0.1, 0.15) is 0 Å². The molecule has 12 heteroatoms. The summed E-state index contributed by atoms with van der Waals surface area (Å²) in [5, 5.41) is 35.0. The van der Waals surface area contributed by atoms with E-state index in [-0.39, 0.29) is 10.9 Å². The van der Waals surface area contributed by atoms with Gasteiger partial charge in [-0.2, -0.15) is 0 Å². The Morgan fingerprint density at radius 2 is 0.719 bits per heavy atom. The Morgan fingerprint density at radius 1 is 0.500 bits per heavy atom. The summed E-state index contributed by atoms with van der Waals surface area (Å²) in [6.45, 7) is 0. The highest BCUT2D eigenvalue weighted by molar-refractivity contribution is 6.09. The standard InChI is InChI=1S/C10H6O8.2C5H5NO/c11-7(12)3-1-4(8(13)14)6(10(17)18)2-5(3)9(15)16;2*7-5-1-3-6-4-2-5/h1-2H,(H,11,12)(H,13,14)(H,15,16)(H,17,18);2*1-4H,(H,6,7). The second-order valence-corrected chi connectivity index (χ2v) is 5.64. The highest BCUT2D eigenvalue weighted by Gasteiger charge is 2.24. The summed E-state index contributed by atoms with van der Waals surface area (Å²) in [6.07, 6.45) is 6.40. The lowest BCUT2D eigenvalue weighted by atomic mass is 9.98. The summed E-state index contributed by atoms with van der Waals surface area (Å²) < 4.78 is 0. The first-order chi connectivity index (χ1) is 15.0. The molecule has 0 aliphatic heterocycles. The van der Waals surface area contributed by atoms with E-state index in [0.29, 0.717) is 12.1 Å². The molecule has 0 amide bonds. The highest BCUT2D eigenvalue weighted by Crippen LogP contribution is 2.18. The van der Waals surface area contributed by atoms with Gasteiger partial charge in [0.25, 0.3) is 0 Å². The molecule has 3 aromatic rings. The monoisotopic (exact) mass is 444 g/mol. The predicted molar refractivity (Wildman–Crippen MR) is 108 cm³/mol. The van der Waals surface area contributed by atoms with Crippen molar-refractivity contribution >= 4 is 23.9 Å². The van der Waals surface area contributed by atoms with E-state index in [1.807, 2.05) is 0 Å². The molecule has 1 aromatic carbocycles. The number of nitrogens with one attached hydrogen (secondary N) is 2. The SMILES string of the molecule is O=C(O)c1cc(C(=O)O)c(C(=O)O)cc1C(=O)O.O=c1cc[nH]cc1.O=c1cc[nH]cc1. The number of hydrogen-bond donors (Lipinski definition) is 6. The van der Waals surface area contributed by atoms with Gasteiger partial charge in [-0.15, -0.1) is 0 Å². The fraction of sp³-hybridized carbons (Fsp3) is 0. The van der Waals surface area contributed by atoms with Crippen molar-refractivity contribution in [1.82, 2.24) is 9.97 Å². The Balaban J connectivity index is 0.000000295. The fourth-order valence-electron chi connectivity index (χ4n) is 2.05. The van der Waals surface area contributed by atoms with E-state index in [4.69, 9.17) is 20.4 Å². The molecule has 2 aromatic heterocycles. The molecule has 0 saturated heterocycles. The highest BCUT2D eigenvalue weighted by atomic mass is 16.4. The van der Waals surface area contributed by atoms with E-state index in [9.17, 15) is 28.8 Å². The maximum absolute atomic E-state index is 10.8. The first kappa shape index (κ1) is 25.0. The molecule has 0 radical (unpaired) electrons. The van der Waals surface area contributed by atoms with Crippen molar-refractivity contribution in [2.45, 2.75) is 0 Å². The third kappa shape index (κ3) is 7.79. The van der Waals surface area contributed by atoms with Crippen molar-refractivity contribution in [3.05, 3.63) is 104 Å².